The van der Waals surface area contributed by atoms with Crippen molar-refractivity contribution >= 4 is 0 Å². The van der Waals surface area contributed by atoms with Crippen molar-refractivity contribution in [3.63, 3.8) is 0 Å². The maximum atomic E-state index is 5.85. The zero-order valence-electron chi connectivity index (χ0n) is 13.2. The highest BCUT2D eigenvalue weighted by Crippen LogP contribution is 2.28. The highest BCUT2D eigenvalue weighted by atomic mass is 16.5. The van der Waals surface area contributed by atoms with E-state index < -0.39 is 0 Å². The van der Waals surface area contributed by atoms with Crippen LogP contribution in [0, 0.1) is 0 Å². The van der Waals surface area contributed by atoms with Crippen molar-refractivity contribution in [1.82, 2.24) is 10.3 Å². The van der Waals surface area contributed by atoms with Gasteiger partial charge in [-0.15, -0.1) is 0 Å². The molecule has 0 aromatic carbocycles. The van der Waals surface area contributed by atoms with Gasteiger partial charge in [0, 0.05) is 18.2 Å². The van der Waals surface area contributed by atoms with Crippen molar-refractivity contribution in [3.8, 4) is 0 Å². The van der Waals surface area contributed by atoms with Crippen LogP contribution in [0.2, 0.25) is 0 Å². The molecule has 1 aliphatic rings. The van der Waals surface area contributed by atoms with Gasteiger partial charge < -0.3 is 4.74 Å². The molecule has 3 atom stereocenters. The average Bonchev–Trinajstić information content (AvgIpc) is 2.93. The monoisotopic (exact) mass is 271 g/mol. The summed E-state index contributed by atoms with van der Waals surface area (Å²) in [6.07, 6.45) is 6.19. The summed E-state index contributed by atoms with van der Waals surface area (Å²) < 4.78 is 5.73. The lowest BCUT2D eigenvalue weighted by atomic mass is 9.84. The van der Waals surface area contributed by atoms with E-state index in [9.17, 15) is 0 Å². The number of rotatable bonds is 9. The molecule has 0 saturated carbocycles. The number of hydrogen-bond donors (Lipinski definition) is 2. The second-order valence-electron chi connectivity index (χ2n) is 5.81. The molecule has 1 aliphatic heterocycles. The lowest BCUT2D eigenvalue weighted by Gasteiger charge is -2.45. The minimum Gasteiger partial charge on any atom is -0.378 e. The van der Waals surface area contributed by atoms with Gasteiger partial charge in [-0.1, -0.05) is 20.8 Å². The van der Waals surface area contributed by atoms with Gasteiger partial charge in [0.25, 0.3) is 0 Å². The molecule has 0 aliphatic carbocycles. The van der Waals surface area contributed by atoms with Crippen LogP contribution < -0.4 is 11.3 Å². The third-order valence-electron chi connectivity index (χ3n) is 4.95. The molecule has 3 unspecified atom stereocenters. The van der Waals surface area contributed by atoms with Crippen molar-refractivity contribution < 1.29 is 4.74 Å². The first kappa shape index (κ1) is 16.9. The van der Waals surface area contributed by atoms with Gasteiger partial charge in [-0.05, 0) is 52.1 Å². The Morgan fingerprint density at radius 3 is 2.47 bits per heavy atom. The van der Waals surface area contributed by atoms with Crippen molar-refractivity contribution in [3.05, 3.63) is 0 Å². The predicted octanol–water partition coefficient (Wildman–Crippen LogP) is 2.29. The third kappa shape index (κ3) is 4.15. The molecule has 4 nitrogen and oxygen atoms in total. The Bertz CT molecular complexity index is 240. The van der Waals surface area contributed by atoms with E-state index in [-0.39, 0.29) is 5.54 Å². The molecule has 4 heteroatoms. The summed E-state index contributed by atoms with van der Waals surface area (Å²) in [5.74, 6) is 5.85. The largest absolute Gasteiger partial charge is 0.378 e. The maximum absolute atomic E-state index is 5.85. The number of nitrogens with zero attached hydrogens (tertiary/aromatic N) is 1. The van der Waals surface area contributed by atoms with Crippen LogP contribution in [-0.2, 0) is 4.74 Å². The zero-order valence-corrected chi connectivity index (χ0v) is 13.2. The van der Waals surface area contributed by atoms with Crippen LogP contribution in [0.3, 0.4) is 0 Å². The Labute approximate surface area is 119 Å². The fourth-order valence-electron chi connectivity index (χ4n) is 3.43. The minimum absolute atomic E-state index is 0.122. The number of hydrogen-bond acceptors (Lipinski definition) is 4. The smallest absolute Gasteiger partial charge is 0.0576 e. The molecule has 19 heavy (non-hydrogen) atoms. The van der Waals surface area contributed by atoms with Gasteiger partial charge in [0.2, 0.25) is 0 Å². The van der Waals surface area contributed by atoms with Crippen molar-refractivity contribution in [2.24, 2.45) is 5.84 Å². The van der Waals surface area contributed by atoms with E-state index in [4.69, 9.17) is 10.6 Å². The summed E-state index contributed by atoms with van der Waals surface area (Å²) in [5, 5.41) is 0. The van der Waals surface area contributed by atoms with Gasteiger partial charge in [-0.2, -0.15) is 0 Å². The molecule has 1 saturated heterocycles. The fraction of sp³-hybridized carbons (Fsp3) is 1.00. The highest BCUT2D eigenvalue weighted by Gasteiger charge is 2.36. The van der Waals surface area contributed by atoms with Gasteiger partial charge in [0.05, 0.1) is 6.10 Å². The molecule has 0 aromatic rings. The molecule has 0 bridgehead atoms. The molecule has 1 rings (SSSR count). The molecule has 3 N–H and O–H groups in total. The molecule has 0 amide bonds. The summed E-state index contributed by atoms with van der Waals surface area (Å²) in [6, 6.07) is 0.321. The maximum Gasteiger partial charge on any atom is 0.0576 e. The molecule has 0 aromatic heterocycles. The van der Waals surface area contributed by atoms with E-state index in [0.29, 0.717) is 12.1 Å². The number of nitrogens with two attached hydrogens (primary N) is 1. The summed E-state index contributed by atoms with van der Waals surface area (Å²) >= 11 is 0. The van der Waals surface area contributed by atoms with Crippen molar-refractivity contribution in [2.45, 2.75) is 77.5 Å². The molecular formula is C15H33N3O. The summed E-state index contributed by atoms with van der Waals surface area (Å²) in [7, 11) is 0. The molecule has 0 spiro atoms. The van der Waals surface area contributed by atoms with Gasteiger partial charge in [0.15, 0.2) is 0 Å². The Kier molecular flexibility index (Phi) is 7.29. The Hall–Kier alpha value is -0.160. The van der Waals surface area contributed by atoms with Crippen LogP contribution in [0.15, 0.2) is 0 Å². The number of ether oxygens (including phenoxy) is 1. The minimum atomic E-state index is 0.122. The first-order valence-electron chi connectivity index (χ1n) is 7.95. The first-order chi connectivity index (χ1) is 9.12. The Balaban J connectivity index is 2.62. The van der Waals surface area contributed by atoms with Crippen LogP contribution in [0.5, 0.6) is 0 Å². The molecule has 0 radical (unpaired) electrons. The van der Waals surface area contributed by atoms with Gasteiger partial charge in [0.1, 0.15) is 0 Å². The summed E-state index contributed by atoms with van der Waals surface area (Å²) in [6.45, 7) is 12.1. The first-order valence-corrected chi connectivity index (χ1v) is 7.95. The van der Waals surface area contributed by atoms with Gasteiger partial charge >= 0.3 is 0 Å². The highest BCUT2D eigenvalue weighted by molar-refractivity contribution is 4.95. The number of hydrazine groups is 1. The SMILES string of the molecule is CCN(CC)C(C)(CC)C(CCC1CCCO1)NN. The standard InChI is InChI=1S/C15H33N3O/c1-5-15(4,18(6-2)7-3)14(17-16)11-10-13-9-8-12-19-13/h13-14,17H,5-12,16H2,1-4H3. The van der Waals surface area contributed by atoms with Crippen LogP contribution in [-0.4, -0.2) is 42.3 Å². The van der Waals surface area contributed by atoms with E-state index >= 15 is 0 Å². The van der Waals surface area contributed by atoms with E-state index in [1.807, 2.05) is 0 Å². The quantitative estimate of drug-likeness (QED) is 0.499. The Morgan fingerprint density at radius 1 is 1.37 bits per heavy atom. The van der Waals surface area contributed by atoms with Crippen LogP contribution in [0.4, 0.5) is 0 Å². The second kappa shape index (κ2) is 8.20. The van der Waals surface area contributed by atoms with E-state index in [2.05, 4.69) is 38.0 Å². The van der Waals surface area contributed by atoms with Crippen molar-refractivity contribution in [1.29, 1.82) is 0 Å². The lowest BCUT2D eigenvalue weighted by molar-refractivity contribution is 0.0518. The molecule has 1 fully saturated rings. The lowest BCUT2D eigenvalue weighted by Crippen LogP contribution is -2.60. The van der Waals surface area contributed by atoms with E-state index in [1.54, 1.807) is 0 Å². The molecule has 114 valence electrons. The van der Waals surface area contributed by atoms with Crippen LogP contribution in [0.1, 0.15) is 59.8 Å². The number of nitrogens with one attached hydrogen (secondary N) is 1. The number of likely N-dealkylation sites (N-methyl/N-ethyl adjacent to an activating group) is 1. The molecular weight excluding hydrogens is 238 g/mol. The van der Waals surface area contributed by atoms with Crippen LogP contribution >= 0.6 is 0 Å². The molecule has 1 heterocycles. The average molecular weight is 271 g/mol. The van der Waals surface area contributed by atoms with Gasteiger partial charge in [-0.25, -0.2) is 0 Å². The van der Waals surface area contributed by atoms with E-state index in [0.717, 1.165) is 39.0 Å². The fourth-order valence-corrected chi connectivity index (χ4v) is 3.43. The second-order valence-corrected chi connectivity index (χ2v) is 5.81. The zero-order chi connectivity index (χ0) is 14.3. The topological polar surface area (TPSA) is 50.5 Å². The van der Waals surface area contributed by atoms with E-state index in [1.165, 1.54) is 12.8 Å². The Morgan fingerprint density at radius 2 is 2.05 bits per heavy atom. The summed E-state index contributed by atoms with van der Waals surface area (Å²) in [5.41, 5.74) is 3.19. The third-order valence-corrected chi connectivity index (χ3v) is 4.95. The summed E-state index contributed by atoms with van der Waals surface area (Å²) in [4.78, 5) is 2.52. The van der Waals surface area contributed by atoms with Crippen LogP contribution in [0.25, 0.3) is 0 Å². The van der Waals surface area contributed by atoms with Gasteiger partial charge in [-0.3, -0.25) is 16.2 Å². The predicted molar refractivity (Wildman–Crippen MR) is 80.9 cm³/mol. The van der Waals surface area contributed by atoms with Crippen molar-refractivity contribution in [2.75, 3.05) is 19.7 Å². The normalized spacial score (nSPS) is 24.6.